The number of rotatable bonds is 3. The van der Waals surface area contributed by atoms with Crippen LogP contribution in [0, 0.1) is 5.41 Å². The van der Waals surface area contributed by atoms with Crippen molar-refractivity contribution in [2.24, 2.45) is 5.41 Å². The molecule has 0 radical (unpaired) electrons. The number of hydrogen-bond acceptors (Lipinski definition) is 2. The van der Waals surface area contributed by atoms with Gasteiger partial charge in [-0.2, -0.15) is 0 Å². The lowest BCUT2D eigenvalue weighted by molar-refractivity contribution is 0.421. The van der Waals surface area contributed by atoms with Gasteiger partial charge in [0, 0.05) is 17.0 Å². The summed E-state index contributed by atoms with van der Waals surface area (Å²) < 4.78 is 4.04. The molecule has 0 saturated carbocycles. The number of nitrogens with zero attached hydrogens (tertiary/aromatic N) is 1. The lowest BCUT2D eigenvalue weighted by Crippen LogP contribution is -2.15. The Balaban J connectivity index is 2.56. The Morgan fingerprint density at radius 3 is 2.82 bits per heavy atom. The maximum absolute atomic E-state index is 5.79. The first-order valence-electron chi connectivity index (χ1n) is 3.59. The van der Waals surface area contributed by atoms with E-state index in [9.17, 15) is 0 Å². The number of aromatic nitrogens is 1. The van der Waals surface area contributed by atoms with Crippen molar-refractivity contribution >= 4 is 23.1 Å². The maximum atomic E-state index is 5.79. The van der Waals surface area contributed by atoms with Crippen molar-refractivity contribution in [1.82, 2.24) is 4.37 Å². The van der Waals surface area contributed by atoms with Crippen molar-refractivity contribution < 1.29 is 0 Å². The number of halogens is 1. The van der Waals surface area contributed by atoms with E-state index in [1.807, 2.05) is 6.20 Å². The first-order valence-corrected chi connectivity index (χ1v) is 4.90. The summed E-state index contributed by atoms with van der Waals surface area (Å²) in [5, 5.41) is 0. The molecule has 0 atom stereocenters. The second kappa shape index (κ2) is 3.55. The van der Waals surface area contributed by atoms with Gasteiger partial charge >= 0.3 is 0 Å². The maximum Gasteiger partial charge on any atom is 0.0409 e. The molecule has 3 heteroatoms. The molecule has 1 nitrogen and oxygen atoms in total. The Morgan fingerprint density at radius 1 is 1.64 bits per heavy atom. The third-order valence-corrected chi connectivity index (χ3v) is 2.97. The summed E-state index contributed by atoms with van der Waals surface area (Å²) in [4.78, 5) is 1.32. The molecule has 0 fully saturated rings. The molecular formula is C8H12ClNS. The van der Waals surface area contributed by atoms with E-state index in [4.69, 9.17) is 11.6 Å². The van der Waals surface area contributed by atoms with Crippen LogP contribution >= 0.6 is 23.1 Å². The van der Waals surface area contributed by atoms with Gasteiger partial charge in [0.15, 0.2) is 0 Å². The topological polar surface area (TPSA) is 12.9 Å². The highest BCUT2D eigenvalue weighted by Crippen LogP contribution is 2.24. The molecular weight excluding hydrogens is 178 g/mol. The molecule has 0 aliphatic carbocycles. The molecule has 1 aromatic heterocycles. The summed E-state index contributed by atoms with van der Waals surface area (Å²) in [6, 6.07) is 2.05. The van der Waals surface area contributed by atoms with Gasteiger partial charge in [0.1, 0.15) is 0 Å². The average molecular weight is 190 g/mol. The quantitative estimate of drug-likeness (QED) is 0.667. The third kappa shape index (κ3) is 2.80. The van der Waals surface area contributed by atoms with Crippen molar-refractivity contribution in [3.63, 3.8) is 0 Å². The molecule has 0 aliphatic heterocycles. The van der Waals surface area contributed by atoms with Crippen molar-refractivity contribution in [2.45, 2.75) is 20.3 Å². The SMILES string of the molecule is CC(C)(CCl)Cc1ccns1. The summed E-state index contributed by atoms with van der Waals surface area (Å²) in [6.07, 6.45) is 2.87. The largest absolute Gasteiger partial charge is 0.201 e. The zero-order valence-electron chi connectivity index (χ0n) is 6.80. The molecule has 0 amide bonds. The van der Waals surface area contributed by atoms with Gasteiger partial charge in [-0.25, -0.2) is 4.37 Å². The predicted molar refractivity (Wildman–Crippen MR) is 50.3 cm³/mol. The van der Waals surface area contributed by atoms with E-state index >= 15 is 0 Å². The zero-order chi connectivity index (χ0) is 8.32. The lowest BCUT2D eigenvalue weighted by Gasteiger charge is -2.19. The van der Waals surface area contributed by atoms with Gasteiger partial charge in [-0.15, -0.1) is 11.6 Å². The molecule has 1 heterocycles. The van der Waals surface area contributed by atoms with Crippen LogP contribution < -0.4 is 0 Å². The van der Waals surface area contributed by atoms with E-state index in [0.717, 1.165) is 6.42 Å². The van der Waals surface area contributed by atoms with Crippen LogP contribution in [0.3, 0.4) is 0 Å². The van der Waals surface area contributed by atoms with Crippen LogP contribution in [-0.2, 0) is 6.42 Å². The number of alkyl halides is 1. The van der Waals surface area contributed by atoms with Crippen LogP contribution in [0.5, 0.6) is 0 Å². The third-order valence-electron chi connectivity index (χ3n) is 1.51. The fraction of sp³-hybridized carbons (Fsp3) is 0.625. The highest BCUT2D eigenvalue weighted by Gasteiger charge is 2.17. The molecule has 0 unspecified atom stereocenters. The van der Waals surface area contributed by atoms with Crippen molar-refractivity contribution in [1.29, 1.82) is 0 Å². The highest BCUT2D eigenvalue weighted by atomic mass is 35.5. The fourth-order valence-electron chi connectivity index (χ4n) is 0.852. The van der Waals surface area contributed by atoms with Crippen LogP contribution in [0.25, 0.3) is 0 Å². The first-order chi connectivity index (χ1) is 5.14. The lowest BCUT2D eigenvalue weighted by atomic mass is 9.91. The summed E-state index contributed by atoms with van der Waals surface area (Å²) in [7, 11) is 0. The van der Waals surface area contributed by atoms with E-state index in [2.05, 4.69) is 24.3 Å². The van der Waals surface area contributed by atoms with Gasteiger partial charge in [0.2, 0.25) is 0 Å². The van der Waals surface area contributed by atoms with Crippen LogP contribution in [0.1, 0.15) is 18.7 Å². The van der Waals surface area contributed by atoms with E-state index < -0.39 is 0 Å². The van der Waals surface area contributed by atoms with Gasteiger partial charge in [-0.3, -0.25) is 0 Å². The van der Waals surface area contributed by atoms with Crippen LogP contribution in [0.15, 0.2) is 12.3 Å². The zero-order valence-corrected chi connectivity index (χ0v) is 8.37. The second-order valence-electron chi connectivity index (χ2n) is 3.45. The molecule has 11 heavy (non-hydrogen) atoms. The molecule has 1 rings (SSSR count). The molecule has 0 N–H and O–H groups in total. The molecule has 0 bridgehead atoms. The molecule has 1 aromatic rings. The van der Waals surface area contributed by atoms with Gasteiger partial charge in [0.25, 0.3) is 0 Å². The first kappa shape index (κ1) is 9.01. The van der Waals surface area contributed by atoms with Crippen molar-refractivity contribution in [3.8, 4) is 0 Å². The Hall–Kier alpha value is -0.0800. The monoisotopic (exact) mass is 189 g/mol. The molecule has 0 aromatic carbocycles. The van der Waals surface area contributed by atoms with E-state index in [0.29, 0.717) is 5.88 Å². The smallest absolute Gasteiger partial charge is 0.0409 e. The second-order valence-corrected chi connectivity index (χ2v) is 4.64. The average Bonchev–Trinajstić information content (AvgIpc) is 2.39. The standard InChI is InChI=1S/C8H12ClNS/c1-8(2,6-9)5-7-3-4-10-11-7/h3-4H,5-6H2,1-2H3. The van der Waals surface area contributed by atoms with Gasteiger partial charge in [0.05, 0.1) is 0 Å². The summed E-state index contributed by atoms with van der Waals surface area (Å²) in [5.74, 6) is 0.699. The molecule has 0 saturated heterocycles. The normalized spacial score (nSPS) is 11.9. The molecule has 62 valence electrons. The van der Waals surface area contributed by atoms with Crippen LogP contribution in [0.4, 0.5) is 0 Å². The van der Waals surface area contributed by atoms with E-state index in [-0.39, 0.29) is 5.41 Å². The highest BCUT2D eigenvalue weighted by molar-refractivity contribution is 7.05. The molecule has 0 aliphatic rings. The van der Waals surface area contributed by atoms with Gasteiger partial charge in [-0.1, -0.05) is 13.8 Å². The summed E-state index contributed by atoms with van der Waals surface area (Å²) in [5.41, 5.74) is 0.202. The number of hydrogen-bond donors (Lipinski definition) is 0. The minimum Gasteiger partial charge on any atom is -0.201 e. The fourth-order valence-corrected chi connectivity index (χ4v) is 1.78. The van der Waals surface area contributed by atoms with Gasteiger partial charge in [-0.05, 0) is 29.4 Å². The minimum absolute atomic E-state index is 0.202. The summed E-state index contributed by atoms with van der Waals surface area (Å²) >= 11 is 7.35. The van der Waals surface area contributed by atoms with E-state index in [1.54, 1.807) is 11.5 Å². The van der Waals surface area contributed by atoms with Crippen molar-refractivity contribution in [2.75, 3.05) is 5.88 Å². The Bertz CT molecular complexity index is 206. The van der Waals surface area contributed by atoms with Crippen LogP contribution in [-0.4, -0.2) is 10.3 Å². The van der Waals surface area contributed by atoms with Gasteiger partial charge < -0.3 is 0 Å². The van der Waals surface area contributed by atoms with Crippen LogP contribution in [0.2, 0.25) is 0 Å². The Labute approximate surface area is 76.6 Å². The summed E-state index contributed by atoms with van der Waals surface area (Å²) in [6.45, 7) is 4.33. The minimum atomic E-state index is 0.202. The Morgan fingerprint density at radius 2 is 2.36 bits per heavy atom. The Kier molecular flexibility index (Phi) is 2.90. The predicted octanol–water partition coefficient (Wildman–Crippen LogP) is 2.95. The van der Waals surface area contributed by atoms with Crippen molar-refractivity contribution in [3.05, 3.63) is 17.1 Å². The van der Waals surface area contributed by atoms with E-state index in [1.165, 1.54) is 4.88 Å². The molecule has 0 spiro atoms.